The molecular formula is C24H30BrN3O6S. The maximum atomic E-state index is 13.9. The number of methoxy groups -OCH3 is 1. The van der Waals surface area contributed by atoms with Crippen molar-refractivity contribution < 1.29 is 19.0 Å². The molecule has 0 fully saturated rings. The molecule has 0 aliphatic rings. The van der Waals surface area contributed by atoms with E-state index in [4.69, 9.17) is 14.2 Å². The number of aromatic nitrogens is 3. The maximum absolute atomic E-state index is 13.9. The predicted octanol–water partition coefficient (Wildman–Crippen LogP) is 4.24. The summed E-state index contributed by atoms with van der Waals surface area (Å²) >= 11 is 4.49. The molecule has 0 N–H and O–H groups in total. The number of hydrogen-bond acceptors (Lipinski definition) is 8. The minimum absolute atomic E-state index is 0.0676. The van der Waals surface area contributed by atoms with Gasteiger partial charge in [0.2, 0.25) is 0 Å². The first kappa shape index (κ1) is 27.1. The van der Waals surface area contributed by atoms with Crippen molar-refractivity contribution in [3.05, 3.63) is 54.6 Å². The third-order valence-corrected chi connectivity index (χ3v) is 6.86. The van der Waals surface area contributed by atoms with Gasteiger partial charge >= 0.3 is 11.7 Å². The van der Waals surface area contributed by atoms with Crippen molar-refractivity contribution in [2.45, 2.75) is 71.9 Å². The first-order valence-corrected chi connectivity index (χ1v) is 12.8. The molecule has 0 aliphatic heterocycles. The molecule has 1 atom stereocenters. The summed E-state index contributed by atoms with van der Waals surface area (Å²) in [6, 6.07) is 7.40. The lowest BCUT2D eigenvalue weighted by Crippen LogP contribution is -2.53. The van der Waals surface area contributed by atoms with E-state index in [-0.39, 0.29) is 18.2 Å². The van der Waals surface area contributed by atoms with Gasteiger partial charge < -0.3 is 14.2 Å². The SMILES string of the molecule is COc1ccccc1C(Cn1c(=O)n(C(C)(C)C(=O)OC(C)C)c(=O)c2nc(Br)sc21)OC(C)C. The monoisotopic (exact) mass is 567 g/mol. The highest BCUT2D eigenvalue weighted by Crippen LogP contribution is 2.31. The number of benzene rings is 1. The van der Waals surface area contributed by atoms with E-state index in [1.807, 2.05) is 38.1 Å². The molecule has 3 rings (SSSR count). The summed E-state index contributed by atoms with van der Waals surface area (Å²) in [5.74, 6) is -0.0753. The highest BCUT2D eigenvalue weighted by Gasteiger charge is 2.37. The Morgan fingerprint density at radius 2 is 1.80 bits per heavy atom. The molecule has 0 amide bonds. The fourth-order valence-electron chi connectivity index (χ4n) is 3.75. The first-order valence-electron chi connectivity index (χ1n) is 11.2. The molecule has 1 unspecified atom stereocenters. The van der Waals surface area contributed by atoms with E-state index < -0.39 is 35.0 Å². The quantitative estimate of drug-likeness (QED) is 0.356. The van der Waals surface area contributed by atoms with Gasteiger partial charge in [0.1, 0.15) is 22.2 Å². The Morgan fingerprint density at radius 3 is 2.40 bits per heavy atom. The van der Waals surface area contributed by atoms with Crippen molar-refractivity contribution in [2.75, 3.05) is 7.11 Å². The van der Waals surface area contributed by atoms with Gasteiger partial charge in [0.15, 0.2) is 9.43 Å². The van der Waals surface area contributed by atoms with Crippen LogP contribution in [0.25, 0.3) is 10.3 Å². The van der Waals surface area contributed by atoms with Gasteiger partial charge in [-0.25, -0.2) is 19.1 Å². The van der Waals surface area contributed by atoms with Crippen LogP contribution in [0.2, 0.25) is 0 Å². The van der Waals surface area contributed by atoms with Crippen LogP contribution in [0.4, 0.5) is 0 Å². The van der Waals surface area contributed by atoms with Gasteiger partial charge in [0.05, 0.1) is 25.9 Å². The Hall–Kier alpha value is -2.50. The zero-order valence-corrected chi connectivity index (χ0v) is 23.2. The van der Waals surface area contributed by atoms with E-state index in [1.165, 1.54) is 18.4 Å². The van der Waals surface area contributed by atoms with E-state index in [9.17, 15) is 14.4 Å². The van der Waals surface area contributed by atoms with Crippen LogP contribution in [0.5, 0.6) is 5.75 Å². The van der Waals surface area contributed by atoms with Crippen LogP contribution in [0, 0.1) is 0 Å². The lowest BCUT2D eigenvalue weighted by Gasteiger charge is -2.28. The number of fused-ring (bicyclic) bond motifs is 1. The fraction of sp³-hybridized carbons (Fsp3) is 0.500. The van der Waals surface area contributed by atoms with Crippen molar-refractivity contribution in [2.24, 2.45) is 0 Å². The van der Waals surface area contributed by atoms with Crippen molar-refractivity contribution >= 4 is 43.6 Å². The lowest BCUT2D eigenvalue weighted by atomic mass is 10.1. The molecule has 2 aromatic heterocycles. The van der Waals surface area contributed by atoms with Crippen LogP contribution in [-0.4, -0.2) is 39.4 Å². The molecule has 35 heavy (non-hydrogen) atoms. The third kappa shape index (κ3) is 5.52. The Morgan fingerprint density at radius 1 is 1.14 bits per heavy atom. The molecule has 2 heterocycles. The Balaban J connectivity index is 2.27. The van der Waals surface area contributed by atoms with Crippen LogP contribution in [0.15, 0.2) is 37.8 Å². The summed E-state index contributed by atoms with van der Waals surface area (Å²) in [5, 5.41) is 0. The number of esters is 1. The van der Waals surface area contributed by atoms with Crippen LogP contribution in [0.3, 0.4) is 0 Å². The largest absolute Gasteiger partial charge is 0.496 e. The van der Waals surface area contributed by atoms with Crippen LogP contribution in [-0.2, 0) is 26.4 Å². The average Bonchev–Trinajstić information content (AvgIpc) is 3.16. The van der Waals surface area contributed by atoms with E-state index in [0.29, 0.717) is 14.5 Å². The van der Waals surface area contributed by atoms with Crippen LogP contribution < -0.4 is 16.0 Å². The average molecular weight is 568 g/mol. The second-order valence-electron chi connectivity index (χ2n) is 9.08. The molecule has 9 nitrogen and oxygen atoms in total. The molecule has 0 spiro atoms. The summed E-state index contributed by atoms with van der Waals surface area (Å²) in [6.45, 7) is 10.2. The zero-order chi connectivity index (χ0) is 26.1. The number of halogens is 1. The van der Waals surface area contributed by atoms with Gasteiger partial charge in [-0.3, -0.25) is 9.36 Å². The molecule has 0 saturated carbocycles. The van der Waals surface area contributed by atoms with Gasteiger partial charge in [-0.2, -0.15) is 0 Å². The van der Waals surface area contributed by atoms with E-state index in [0.717, 1.165) is 21.5 Å². The van der Waals surface area contributed by atoms with Gasteiger partial charge in [0.25, 0.3) is 5.56 Å². The molecular weight excluding hydrogens is 538 g/mol. The number of rotatable bonds is 9. The maximum Gasteiger partial charge on any atom is 0.333 e. The summed E-state index contributed by atoms with van der Waals surface area (Å²) in [6.07, 6.45) is -1.15. The van der Waals surface area contributed by atoms with E-state index in [2.05, 4.69) is 20.9 Å². The molecule has 3 aromatic rings. The van der Waals surface area contributed by atoms with Gasteiger partial charge in [-0.1, -0.05) is 29.5 Å². The predicted molar refractivity (Wildman–Crippen MR) is 138 cm³/mol. The van der Waals surface area contributed by atoms with Crippen molar-refractivity contribution in [3.8, 4) is 5.75 Å². The summed E-state index contributed by atoms with van der Waals surface area (Å²) in [5.41, 5.74) is -2.05. The van der Waals surface area contributed by atoms with E-state index >= 15 is 0 Å². The van der Waals surface area contributed by atoms with Gasteiger partial charge in [0, 0.05) is 5.56 Å². The molecule has 0 bridgehead atoms. The number of carbonyl (C=O) groups is 1. The lowest BCUT2D eigenvalue weighted by molar-refractivity contribution is -0.157. The van der Waals surface area contributed by atoms with Crippen molar-refractivity contribution in [3.63, 3.8) is 0 Å². The zero-order valence-electron chi connectivity index (χ0n) is 20.8. The highest BCUT2D eigenvalue weighted by molar-refractivity contribution is 9.11. The summed E-state index contributed by atoms with van der Waals surface area (Å²) in [7, 11) is 1.57. The van der Waals surface area contributed by atoms with Gasteiger partial charge in [-0.05, 0) is 63.5 Å². The highest BCUT2D eigenvalue weighted by atomic mass is 79.9. The Labute approximate surface area is 215 Å². The minimum atomic E-state index is -1.57. The number of thiazole rings is 1. The summed E-state index contributed by atoms with van der Waals surface area (Å²) in [4.78, 5) is 44.8. The number of hydrogen-bond donors (Lipinski definition) is 0. The molecule has 1 aromatic carbocycles. The fourth-order valence-corrected chi connectivity index (χ4v) is 5.18. The topological polar surface area (TPSA) is 102 Å². The number of ether oxygens (including phenoxy) is 3. The molecule has 0 saturated heterocycles. The minimum Gasteiger partial charge on any atom is -0.496 e. The number of nitrogens with zero attached hydrogens (tertiary/aromatic N) is 3. The van der Waals surface area contributed by atoms with Crippen molar-refractivity contribution in [1.82, 2.24) is 14.1 Å². The second-order valence-corrected chi connectivity index (χ2v) is 11.3. The normalized spacial score (nSPS) is 13.0. The molecule has 0 radical (unpaired) electrons. The van der Waals surface area contributed by atoms with Gasteiger partial charge in [-0.15, -0.1) is 0 Å². The number of para-hydroxylation sites is 1. The van der Waals surface area contributed by atoms with Crippen LogP contribution in [0.1, 0.15) is 53.2 Å². The molecule has 0 aliphatic carbocycles. The van der Waals surface area contributed by atoms with E-state index in [1.54, 1.807) is 21.0 Å². The summed E-state index contributed by atoms with van der Waals surface area (Å²) < 4.78 is 19.9. The molecule has 11 heteroatoms. The smallest absolute Gasteiger partial charge is 0.333 e. The Kier molecular flexibility index (Phi) is 8.23. The van der Waals surface area contributed by atoms with Crippen LogP contribution >= 0.6 is 27.3 Å². The third-order valence-electron chi connectivity index (χ3n) is 5.33. The Bertz CT molecular complexity index is 1340. The molecule has 190 valence electrons. The number of carbonyl (C=O) groups excluding carboxylic acids is 1. The van der Waals surface area contributed by atoms with Crippen molar-refractivity contribution in [1.29, 1.82) is 0 Å². The second kappa shape index (κ2) is 10.6. The first-order chi connectivity index (χ1) is 16.4. The standard InChI is InChI=1S/C24H30BrN3O6S/c1-13(2)33-17(15-10-8-9-11-16(15)32-7)12-27-20-18(26-22(25)35-20)19(29)28(23(27)31)24(5,6)21(30)34-14(3)4/h8-11,13-14,17H,12H2,1-7H3.